The zero-order valence-electron chi connectivity index (χ0n) is 15.5. The Balaban J connectivity index is 1.65. The van der Waals surface area contributed by atoms with Crippen LogP contribution in [-0.4, -0.2) is 28.4 Å². The molecule has 1 saturated carbocycles. The molecule has 1 heterocycles. The minimum absolute atomic E-state index is 0.0579. The number of rotatable bonds is 9. The predicted molar refractivity (Wildman–Crippen MR) is 108 cm³/mol. The molecule has 1 fully saturated rings. The molecule has 1 unspecified atom stereocenters. The van der Waals surface area contributed by atoms with Gasteiger partial charge in [-0.05, 0) is 29.9 Å². The van der Waals surface area contributed by atoms with E-state index in [2.05, 4.69) is 5.43 Å². The zero-order valence-corrected chi connectivity index (χ0v) is 17.1. The molecule has 1 aromatic heterocycles. The number of nitrogens with one attached hydrogen (secondary N) is 1. The molecule has 1 aromatic carbocycles. The molecule has 0 radical (unpaired) electrons. The van der Waals surface area contributed by atoms with Crippen molar-refractivity contribution in [3.63, 3.8) is 0 Å². The number of carbonyl (C=O) groups excluding carboxylic acids is 1. The fraction of sp³-hybridized carbons (Fsp3) is 0.400. The molecule has 4 nitrogen and oxygen atoms in total. The van der Waals surface area contributed by atoms with E-state index in [9.17, 15) is 23.2 Å². The van der Waals surface area contributed by atoms with Crippen LogP contribution in [0.4, 0.5) is 13.2 Å². The number of halogens is 3. The summed E-state index contributed by atoms with van der Waals surface area (Å²) in [5.41, 5.74) is 2.27. The third-order valence-corrected chi connectivity index (χ3v) is 6.56. The van der Waals surface area contributed by atoms with Crippen LogP contribution in [0.15, 0.2) is 47.8 Å². The van der Waals surface area contributed by atoms with Crippen LogP contribution in [0.1, 0.15) is 35.7 Å². The molecule has 0 aliphatic heterocycles. The molecule has 154 valence electrons. The second-order valence-electron chi connectivity index (χ2n) is 6.78. The van der Waals surface area contributed by atoms with E-state index in [-0.39, 0.29) is 11.3 Å². The molecule has 0 spiro atoms. The Labute approximate surface area is 175 Å². The quantitative estimate of drug-likeness (QED) is 0.438. The summed E-state index contributed by atoms with van der Waals surface area (Å²) in [5.74, 6) is 0.685. The van der Waals surface area contributed by atoms with Crippen molar-refractivity contribution in [1.82, 2.24) is 10.4 Å². The molecule has 1 aliphatic rings. The molecule has 9 heteroatoms. The van der Waals surface area contributed by atoms with Crippen LogP contribution in [-0.2, 0) is 10.5 Å². The number of nitriles is 1. The third kappa shape index (κ3) is 5.53. The summed E-state index contributed by atoms with van der Waals surface area (Å²) in [6.45, 7) is 0. The molecule has 0 bridgehead atoms. The highest BCUT2D eigenvalue weighted by Gasteiger charge is 2.54. The van der Waals surface area contributed by atoms with E-state index in [1.54, 1.807) is 5.38 Å². The van der Waals surface area contributed by atoms with Crippen LogP contribution < -0.4 is 5.43 Å². The summed E-state index contributed by atoms with van der Waals surface area (Å²) in [5, 5.41) is 12.0. The van der Waals surface area contributed by atoms with Gasteiger partial charge in [-0.3, -0.25) is 9.80 Å². The molecular formula is C20H20F3N3OS2. The van der Waals surface area contributed by atoms with Gasteiger partial charge in [-0.1, -0.05) is 36.4 Å². The van der Waals surface area contributed by atoms with E-state index >= 15 is 0 Å². The Kier molecular flexibility index (Phi) is 6.88. The van der Waals surface area contributed by atoms with Crippen molar-refractivity contribution in [2.45, 2.75) is 42.8 Å². The topological polar surface area (TPSA) is 56.1 Å². The van der Waals surface area contributed by atoms with Crippen LogP contribution in [0.5, 0.6) is 0 Å². The highest BCUT2D eigenvalue weighted by atomic mass is 32.2. The molecule has 1 aliphatic carbocycles. The zero-order chi connectivity index (χ0) is 20.9. The number of thiophene rings is 1. The maximum atomic E-state index is 13.6. The number of carbonyl (C=O) groups is 1. The van der Waals surface area contributed by atoms with Gasteiger partial charge < -0.3 is 0 Å². The lowest BCUT2D eigenvalue weighted by Crippen LogP contribution is -2.54. The lowest BCUT2D eigenvalue weighted by molar-refractivity contribution is -0.176. The molecule has 0 saturated heterocycles. The Bertz CT molecular complexity index is 846. The second kappa shape index (κ2) is 9.20. The third-order valence-electron chi connectivity index (χ3n) is 4.59. The molecule has 1 atom stereocenters. The van der Waals surface area contributed by atoms with Gasteiger partial charge in [0.1, 0.15) is 5.54 Å². The number of hydrazine groups is 1. The minimum Gasteiger partial charge on any atom is -0.273 e. The summed E-state index contributed by atoms with van der Waals surface area (Å²) in [7, 11) is 0. The van der Waals surface area contributed by atoms with E-state index in [0.717, 1.165) is 21.9 Å². The standard InChI is InChI=1S/C20H20F3N3OS2/c21-20(22,23)18(16-7-4-11-29-16)25-26(19(14-24)9-10-19)17(27)8-12-28-13-15-5-2-1-3-6-15/h1-7,11,18,25H,8-10,12-13H2. The van der Waals surface area contributed by atoms with E-state index in [1.807, 2.05) is 36.4 Å². The summed E-state index contributed by atoms with van der Waals surface area (Å²) < 4.78 is 40.9. The van der Waals surface area contributed by atoms with Crippen molar-refractivity contribution < 1.29 is 18.0 Å². The molecular weight excluding hydrogens is 419 g/mol. The summed E-state index contributed by atoms with van der Waals surface area (Å²) in [4.78, 5) is 12.8. The summed E-state index contributed by atoms with van der Waals surface area (Å²) in [6.07, 6.45) is -3.79. The van der Waals surface area contributed by atoms with Crippen LogP contribution >= 0.6 is 23.1 Å². The van der Waals surface area contributed by atoms with Gasteiger partial charge in [0.15, 0.2) is 6.04 Å². The van der Waals surface area contributed by atoms with Gasteiger partial charge in [0, 0.05) is 22.8 Å². The first-order chi connectivity index (χ1) is 13.9. The van der Waals surface area contributed by atoms with Crippen molar-refractivity contribution in [3.8, 4) is 6.07 Å². The molecule has 29 heavy (non-hydrogen) atoms. The van der Waals surface area contributed by atoms with Crippen molar-refractivity contribution in [1.29, 1.82) is 5.26 Å². The highest BCUT2D eigenvalue weighted by molar-refractivity contribution is 7.98. The van der Waals surface area contributed by atoms with E-state index in [4.69, 9.17) is 0 Å². The Morgan fingerprint density at radius 1 is 1.28 bits per heavy atom. The van der Waals surface area contributed by atoms with Gasteiger partial charge in [0.2, 0.25) is 5.91 Å². The molecule has 3 rings (SSSR count). The molecule has 1 N–H and O–H groups in total. The van der Waals surface area contributed by atoms with Crippen molar-refractivity contribution in [2.75, 3.05) is 5.75 Å². The first-order valence-electron chi connectivity index (χ1n) is 9.08. The van der Waals surface area contributed by atoms with Crippen LogP contribution in [0.3, 0.4) is 0 Å². The number of alkyl halides is 3. The number of hydrogen-bond acceptors (Lipinski definition) is 5. The van der Waals surface area contributed by atoms with E-state index in [1.165, 1.54) is 23.9 Å². The maximum absolute atomic E-state index is 13.6. The summed E-state index contributed by atoms with van der Waals surface area (Å²) in [6, 6.07) is 12.6. The Morgan fingerprint density at radius 3 is 2.55 bits per heavy atom. The largest absolute Gasteiger partial charge is 0.410 e. The van der Waals surface area contributed by atoms with Crippen molar-refractivity contribution in [3.05, 3.63) is 58.3 Å². The highest BCUT2D eigenvalue weighted by Crippen LogP contribution is 2.43. The fourth-order valence-corrected chi connectivity index (χ4v) is 4.54. The van der Waals surface area contributed by atoms with Gasteiger partial charge in [-0.2, -0.15) is 30.2 Å². The van der Waals surface area contributed by atoms with E-state index < -0.39 is 23.7 Å². The number of thioether (sulfide) groups is 1. The maximum Gasteiger partial charge on any atom is 0.410 e. The van der Waals surface area contributed by atoms with E-state index in [0.29, 0.717) is 24.3 Å². The normalized spacial score (nSPS) is 16.1. The fourth-order valence-electron chi connectivity index (χ4n) is 2.86. The number of amides is 1. The second-order valence-corrected chi connectivity index (χ2v) is 8.86. The van der Waals surface area contributed by atoms with Gasteiger partial charge in [0.05, 0.1) is 6.07 Å². The van der Waals surface area contributed by atoms with Crippen molar-refractivity contribution in [2.24, 2.45) is 0 Å². The molecule has 2 aromatic rings. The Morgan fingerprint density at radius 2 is 2.00 bits per heavy atom. The van der Waals surface area contributed by atoms with Crippen LogP contribution in [0.2, 0.25) is 0 Å². The van der Waals surface area contributed by atoms with Crippen molar-refractivity contribution >= 4 is 29.0 Å². The lowest BCUT2D eigenvalue weighted by Gasteiger charge is -2.33. The summed E-state index contributed by atoms with van der Waals surface area (Å²) >= 11 is 2.50. The lowest BCUT2D eigenvalue weighted by atomic mass is 10.2. The van der Waals surface area contributed by atoms with Crippen LogP contribution in [0.25, 0.3) is 0 Å². The first kappa shape index (κ1) is 21.7. The smallest absolute Gasteiger partial charge is 0.273 e. The monoisotopic (exact) mass is 439 g/mol. The predicted octanol–water partition coefficient (Wildman–Crippen LogP) is 5.06. The van der Waals surface area contributed by atoms with Gasteiger partial charge in [0.25, 0.3) is 0 Å². The molecule has 1 amide bonds. The SMILES string of the molecule is N#CC1(N(NC(c2cccs2)C(F)(F)F)C(=O)CCSCc2ccccc2)CC1. The number of nitrogens with zero attached hydrogens (tertiary/aromatic N) is 2. The Hall–Kier alpha value is -2.02. The van der Waals surface area contributed by atoms with Gasteiger partial charge in [-0.25, -0.2) is 5.43 Å². The van der Waals surface area contributed by atoms with Gasteiger partial charge >= 0.3 is 6.18 Å². The number of hydrogen-bond donors (Lipinski definition) is 1. The minimum atomic E-state index is -4.59. The average molecular weight is 440 g/mol. The first-order valence-corrected chi connectivity index (χ1v) is 11.1. The van der Waals surface area contributed by atoms with Gasteiger partial charge in [-0.15, -0.1) is 11.3 Å². The van der Waals surface area contributed by atoms with Crippen LogP contribution in [0, 0.1) is 11.3 Å². The average Bonchev–Trinajstić information content (AvgIpc) is 3.30. The number of benzene rings is 1.